The molecule has 1 aromatic heterocycles. The number of piperidine rings is 1. The number of aromatic nitrogens is 2. The second-order valence-electron chi connectivity index (χ2n) is 7.39. The van der Waals surface area contributed by atoms with Gasteiger partial charge in [0.05, 0.1) is 11.7 Å². The normalized spacial score (nSPS) is 26.6. The zero-order chi connectivity index (χ0) is 17.4. The summed E-state index contributed by atoms with van der Waals surface area (Å²) in [6.45, 7) is 1.21. The van der Waals surface area contributed by atoms with E-state index in [2.05, 4.69) is 9.97 Å². The van der Waals surface area contributed by atoms with E-state index >= 15 is 0 Å². The van der Waals surface area contributed by atoms with E-state index in [-0.39, 0.29) is 23.4 Å². The lowest BCUT2D eigenvalue weighted by molar-refractivity contribution is -0.200. The molecule has 25 heavy (non-hydrogen) atoms. The fraction of sp³-hybridized carbons (Fsp3) is 0.667. The Bertz CT molecular complexity index is 652. The molecule has 1 aliphatic carbocycles. The van der Waals surface area contributed by atoms with E-state index in [0.717, 1.165) is 38.5 Å². The van der Waals surface area contributed by atoms with Crippen LogP contribution in [0.25, 0.3) is 0 Å². The van der Waals surface area contributed by atoms with Gasteiger partial charge in [0.15, 0.2) is 6.10 Å². The molecule has 0 bridgehead atoms. The van der Waals surface area contributed by atoms with Gasteiger partial charge in [-0.25, -0.2) is 4.98 Å². The number of aliphatic hydroxyl groups is 1. The summed E-state index contributed by atoms with van der Waals surface area (Å²) in [7, 11) is 0. The number of carbonyl (C=O) groups excluding carboxylic acids is 2. The van der Waals surface area contributed by atoms with E-state index in [1.54, 1.807) is 11.1 Å². The lowest BCUT2D eigenvalue weighted by Gasteiger charge is -2.61. The Balaban J connectivity index is 1.42. The molecule has 1 aromatic rings. The highest BCUT2D eigenvalue weighted by Gasteiger charge is 2.61. The van der Waals surface area contributed by atoms with Gasteiger partial charge in [0.25, 0.3) is 11.8 Å². The lowest BCUT2D eigenvalue weighted by Crippen LogP contribution is -2.77. The molecule has 1 saturated carbocycles. The Morgan fingerprint density at radius 1 is 1.16 bits per heavy atom. The summed E-state index contributed by atoms with van der Waals surface area (Å²) in [5.41, 5.74) is 0.0250. The van der Waals surface area contributed by atoms with Crippen LogP contribution in [0.4, 0.5) is 0 Å². The highest BCUT2D eigenvalue weighted by atomic mass is 16.3. The van der Waals surface area contributed by atoms with E-state index in [1.165, 1.54) is 18.8 Å². The van der Waals surface area contributed by atoms with Crippen LogP contribution in [-0.4, -0.2) is 67.5 Å². The maximum atomic E-state index is 12.5. The molecule has 2 aliphatic heterocycles. The van der Waals surface area contributed by atoms with Crippen LogP contribution in [0.2, 0.25) is 0 Å². The van der Waals surface area contributed by atoms with Gasteiger partial charge in [0.1, 0.15) is 5.69 Å². The number of rotatable bonds is 2. The first-order chi connectivity index (χ1) is 12.1. The van der Waals surface area contributed by atoms with Gasteiger partial charge in [0.2, 0.25) is 0 Å². The number of β-lactam (4-membered cyclic amide) rings is 1. The van der Waals surface area contributed by atoms with E-state index in [1.807, 2.05) is 4.90 Å². The minimum Gasteiger partial charge on any atom is -0.381 e. The fourth-order valence-corrected chi connectivity index (χ4v) is 4.77. The third kappa shape index (κ3) is 2.61. The summed E-state index contributed by atoms with van der Waals surface area (Å²) in [6, 6.07) is 0.125. The van der Waals surface area contributed by atoms with Crippen LogP contribution in [-0.2, 0) is 4.79 Å². The molecule has 1 atom stereocenters. The molecule has 4 rings (SSSR count). The summed E-state index contributed by atoms with van der Waals surface area (Å²) in [6.07, 6.45) is 10.4. The minimum atomic E-state index is -0.827. The molecule has 7 heteroatoms. The molecule has 0 radical (unpaired) electrons. The Morgan fingerprint density at radius 2 is 1.88 bits per heavy atom. The average Bonchev–Trinajstić information content (AvgIpc) is 2.69. The number of likely N-dealkylation sites (tertiary alicyclic amines) is 2. The standard InChI is InChI=1S/C18H24N4O3/c23-15-17(25)22(18(15)6-2-1-3-7-18)13-4-10-21(11-5-13)16(24)14-12-19-8-9-20-14/h8-9,12-13,15,23H,1-7,10-11H2. The highest BCUT2D eigenvalue weighted by molar-refractivity contribution is 5.92. The lowest BCUT2D eigenvalue weighted by atomic mass is 9.68. The fourth-order valence-electron chi connectivity index (χ4n) is 4.77. The molecule has 134 valence electrons. The summed E-state index contributed by atoms with van der Waals surface area (Å²) in [4.78, 5) is 36.6. The highest BCUT2D eigenvalue weighted by Crippen LogP contribution is 2.46. The van der Waals surface area contributed by atoms with Crippen molar-refractivity contribution in [2.45, 2.75) is 62.6 Å². The van der Waals surface area contributed by atoms with Crippen molar-refractivity contribution in [2.75, 3.05) is 13.1 Å². The summed E-state index contributed by atoms with van der Waals surface area (Å²) in [5, 5.41) is 10.3. The van der Waals surface area contributed by atoms with Gasteiger partial charge in [-0.2, -0.15) is 0 Å². The summed E-state index contributed by atoms with van der Waals surface area (Å²) >= 11 is 0. The van der Waals surface area contributed by atoms with Crippen molar-refractivity contribution >= 4 is 11.8 Å². The largest absolute Gasteiger partial charge is 0.381 e. The molecule has 1 N–H and O–H groups in total. The van der Waals surface area contributed by atoms with Crippen LogP contribution in [0.3, 0.4) is 0 Å². The summed E-state index contributed by atoms with van der Waals surface area (Å²) in [5.74, 6) is -0.227. The Morgan fingerprint density at radius 3 is 2.52 bits per heavy atom. The predicted octanol–water partition coefficient (Wildman–Crippen LogP) is 0.987. The van der Waals surface area contributed by atoms with E-state index in [9.17, 15) is 14.7 Å². The molecule has 0 aromatic carbocycles. The predicted molar refractivity (Wildman–Crippen MR) is 89.6 cm³/mol. The Hall–Kier alpha value is -2.02. The van der Waals surface area contributed by atoms with E-state index < -0.39 is 6.10 Å². The number of hydrogen-bond acceptors (Lipinski definition) is 5. The van der Waals surface area contributed by atoms with Gasteiger partial charge < -0.3 is 14.9 Å². The van der Waals surface area contributed by atoms with Crippen molar-refractivity contribution in [3.05, 3.63) is 24.3 Å². The van der Waals surface area contributed by atoms with Gasteiger partial charge in [0, 0.05) is 31.5 Å². The van der Waals surface area contributed by atoms with Gasteiger partial charge in [-0.3, -0.25) is 14.6 Å². The number of aliphatic hydroxyl groups excluding tert-OH is 1. The van der Waals surface area contributed by atoms with Gasteiger partial charge in [-0.1, -0.05) is 19.3 Å². The Labute approximate surface area is 147 Å². The van der Waals surface area contributed by atoms with Crippen LogP contribution in [0, 0.1) is 0 Å². The van der Waals surface area contributed by atoms with Crippen molar-refractivity contribution < 1.29 is 14.7 Å². The number of amides is 2. The molecule has 2 saturated heterocycles. The monoisotopic (exact) mass is 344 g/mol. The van der Waals surface area contributed by atoms with Crippen LogP contribution in [0.1, 0.15) is 55.4 Å². The zero-order valence-electron chi connectivity index (χ0n) is 14.3. The molecule has 7 nitrogen and oxygen atoms in total. The Kier molecular flexibility index (Phi) is 4.19. The first-order valence-corrected chi connectivity index (χ1v) is 9.20. The topological polar surface area (TPSA) is 86.6 Å². The van der Waals surface area contributed by atoms with Gasteiger partial charge >= 0.3 is 0 Å². The first-order valence-electron chi connectivity index (χ1n) is 9.20. The number of carbonyl (C=O) groups is 2. The van der Waals surface area contributed by atoms with Gasteiger partial charge in [-0.05, 0) is 25.7 Å². The third-order valence-electron chi connectivity index (χ3n) is 6.08. The molecular weight excluding hydrogens is 320 g/mol. The molecule has 3 fully saturated rings. The van der Waals surface area contributed by atoms with Crippen LogP contribution < -0.4 is 0 Å². The number of nitrogens with zero attached hydrogens (tertiary/aromatic N) is 4. The van der Waals surface area contributed by atoms with Crippen molar-refractivity contribution in [3.8, 4) is 0 Å². The second-order valence-corrected chi connectivity index (χ2v) is 7.39. The molecular formula is C18H24N4O3. The molecule has 3 aliphatic rings. The SMILES string of the molecule is O=C(c1cnccn1)N1CCC(N2C(=O)C(O)C23CCCCC3)CC1. The van der Waals surface area contributed by atoms with Gasteiger partial charge in [-0.15, -0.1) is 0 Å². The molecule has 1 unspecified atom stereocenters. The van der Waals surface area contributed by atoms with Crippen molar-refractivity contribution in [1.29, 1.82) is 0 Å². The van der Waals surface area contributed by atoms with Crippen molar-refractivity contribution in [2.24, 2.45) is 0 Å². The number of hydrogen-bond donors (Lipinski definition) is 1. The molecule has 3 heterocycles. The van der Waals surface area contributed by atoms with Crippen LogP contribution in [0.15, 0.2) is 18.6 Å². The van der Waals surface area contributed by atoms with Crippen LogP contribution in [0.5, 0.6) is 0 Å². The molecule has 2 amide bonds. The minimum absolute atomic E-state index is 0.103. The van der Waals surface area contributed by atoms with E-state index in [0.29, 0.717) is 18.8 Å². The molecule has 1 spiro atoms. The average molecular weight is 344 g/mol. The van der Waals surface area contributed by atoms with E-state index in [4.69, 9.17) is 0 Å². The van der Waals surface area contributed by atoms with Crippen molar-refractivity contribution in [3.63, 3.8) is 0 Å². The first kappa shape index (κ1) is 16.4. The zero-order valence-corrected chi connectivity index (χ0v) is 14.3. The summed E-state index contributed by atoms with van der Waals surface area (Å²) < 4.78 is 0. The quantitative estimate of drug-likeness (QED) is 0.809. The van der Waals surface area contributed by atoms with Crippen LogP contribution >= 0.6 is 0 Å². The maximum absolute atomic E-state index is 12.5. The van der Waals surface area contributed by atoms with Crippen molar-refractivity contribution in [1.82, 2.24) is 19.8 Å². The maximum Gasteiger partial charge on any atom is 0.274 e. The second kappa shape index (κ2) is 6.37. The smallest absolute Gasteiger partial charge is 0.274 e. The third-order valence-corrected chi connectivity index (χ3v) is 6.08.